The van der Waals surface area contributed by atoms with Gasteiger partial charge in [-0.15, -0.1) is 0 Å². The lowest BCUT2D eigenvalue weighted by molar-refractivity contribution is -0.120. The molecule has 0 saturated heterocycles. The lowest BCUT2D eigenvalue weighted by Crippen LogP contribution is -2.34. The minimum Gasteiger partial charge on any atom is -0.497 e. The molecule has 2 heterocycles. The molecule has 0 aliphatic rings. The molecule has 0 fully saturated rings. The maximum atomic E-state index is 13.1. The number of carbonyl (C=O) groups excluding carboxylic acids is 1. The van der Waals surface area contributed by atoms with Crippen LogP contribution in [0.5, 0.6) is 11.5 Å². The molecule has 2 aromatic heterocycles. The van der Waals surface area contributed by atoms with Gasteiger partial charge in [0.25, 0.3) is 5.91 Å². The number of halogens is 1. The molecule has 0 N–H and O–H groups in total. The Kier molecular flexibility index (Phi) is 6.11. The molecule has 2 aromatic carbocycles. The summed E-state index contributed by atoms with van der Waals surface area (Å²) < 4.78 is 11.9. The van der Waals surface area contributed by atoms with E-state index in [-0.39, 0.29) is 12.5 Å². The van der Waals surface area contributed by atoms with Crippen LogP contribution in [0.25, 0.3) is 10.2 Å². The summed E-state index contributed by atoms with van der Waals surface area (Å²) in [6.45, 7) is 0.161. The molecule has 6 nitrogen and oxygen atoms in total. The third-order valence-corrected chi connectivity index (χ3v) is 5.63. The van der Waals surface area contributed by atoms with Crippen molar-refractivity contribution in [2.24, 2.45) is 0 Å². The monoisotopic (exact) mass is 439 g/mol. The molecule has 0 radical (unpaired) electrons. The molecule has 0 unspecified atom stereocenters. The summed E-state index contributed by atoms with van der Waals surface area (Å²) in [4.78, 5) is 23.7. The second-order valence-electron chi connectivity index (χ2n) is 6.37. The van der Waals surface area contributed by atoms with Crippen molar-refractivity contribution in [3.63, 3.8) is 0 Å². The number of hydrogen-bond acceptors (Lipinski definition) is 6. The average molecular weight is 440 g/mol. The van der Waals surface area contributed by atoms with Crippen molar-refractivity contribution in [1.82, 2.24) is 9.97 Å². The van der Waals surface area contributed by atoms with Crippen molar-refractivity contribution in [1.29, 1.82) is 0 Å². The summed E-state index contributed by atoms with van der Waals surface area (Å²) >= 11 is 7.32. The van der Waals surface area contributed by atoms with E-state index >= 15 is 0 Å². The Hall–Kier alpha value is -3.16. The van der Waals surface area contributed by atoms with Gasteiger partial charge < -0.3 is 9.47 Å². The van der Waals surface area contributed by atoms with E-state index in [0.29, 0.717) is 22.4 Å². The van der Waals surface area contributed by atoms with E-state index in [1.807, 2.05) is 36.4 Å². The molecule has 0 atom stereocenters. The topological polar surface area (TPSA) is 64.5 Å². The maximum absolute atomic E-state index is 13.1. The number of methoxy groups -OCH3 is 1. The normalized spacial score (nSPS) is 10.7. The zero-order valence-corrected chi connectivity index (χ0v) is 17.7. The summed E-state index contributed by atoms with van der Waals surface area (Å²) in [5.74, 6) is 1.09. The third kappa shape index (κ3) is 4.69. The van der Waals surface area contributed by atoms with Gasteiger partial charge in [-0.3, -0.25) is 14.7 Å². The number of fused-ring (bicyclic) bond motifs is 1. The van der Waals surface area contributed by atoms with Crippen LogP contribution in [0.1, 0.15) is 5.69 Å². The number of amides is 1. The number of ether oxygens (including phenoxy) is 2. The first-order valence-corrected chi connectivity index (χ1v) is 10.3. The fraction of sp³-hybridized carbons (Fsp3) is 0.136. The van der Waals surface area contributed by atoms with Crippen LogP contribution in [-0.2, 0) is 11.3 Å². The van der Waals surface area contributed by atoms with E-state index in [1.54, 1.807) is 42.5 Å². The minimum absolute atomic E-state index is 0.131. The Morgan fingerprint density at radius 1 is 1.10 bits per heavy atom. The SMILES string of the molecule is COc1ccc2nc(N(Cc3ccccn3)C(=O)COc3ccc(Cl)cc3)sc2c1. The van der Waals surface area contributed by atoms with Gasteiger partial charge in [0.15, 0.2) is 11.7 Å². The van der Waals surface area contributed by atoms with Crippen LogP contribution in [-0.4, -0.2) is 29.6 Å². The second-order valence-corrected chi connectivity index (χ2v) is 7.82. The molecule has 4 rings (SSSR count). The van der Waals surface area contributed by atoms with Crippen molar-refractivity contribution >= 4 is 44.2 Å². The fourth-order valence-corrected chi connectivity index (χ4v) is 3.94. The van der Waals surface area contributed by atoms with Gasteiger partial charge in [0.05, 0.1) is 29.6 Å². The van der Waals surface area contributed by atoms with E-state index in [0.717, 1.165) is 21.7 Å². The first-order chi connectivity index (χ1) is 14.6. The summed E-state index contributed by atoms with van der Waals surface area (Å²) in [6, 6.07) is 18.1. The summed E-state index contributed by atoms with van der Waals surface area (Å²) in [6.07, 6.45) is 1.70. The van der Waals surface area contributed by atoms with Crippen molar-refractivity contribution in [2.75, 3.05) is 18.6 Å². The third-order valence-electron chi connectivity index (χ3n) is 4.34. The van der Waals surface area contributed by atoms with Crippen molar-refractivity contribution in [2.45, 2.75) is 6.54 Å². The van der Waals surface area contributed by atoms with Gasteiger partial charge in [0, 0.05) is 11.2 Å². The van der Waals surface area contributed by atoms with Crippen LogP contribution < -0.4 is 14.4 Å². The first-order valence-electron chi connectivity index (χ1n) is 9.15. The smallest absolute Gasteiger partial charge is 0.267 e. The van der Waals surface area contributed by atoms with E-state index in [9.17, 15) is 4.79 Å². The molecule has 1 amide bonds. The highest BCUT2D eigenvalue weighted by atomic mass is 35.5. The fourth-order valence-electron chi connectivity index (χ4n) is 2.81. The molecule has 0 bridgehead atoms. The molecule has 0 aliphatic carbocycles. The van der Waals surface area contributed by atoms with Gasteiger partial charge in [-0.05, 0) is 54.6 Å². The predicted molar refractivity (Wildman–Crippen MR) is 119 cm³/mol. The molecule has 4 aromatic rings. The number of carbonyl (C=O) groups is 1. The Morgan fingerprint density at radius 2 is 1.90 bits per heavy atom. The minimum atomic E-state index is -0.221. The summed E-state index contributed by atoms with van der Waals surface area (Å²) in [5.41, 5.74) is 1.56. The van der Waals surface area contributed by atoms with Gasteiger partial charge in [0.1, 0.15) is 11.5 Å². The first kappa shape index (κ1) is 20.1. The molecule has 30 heavy (non-hydrogen) atoms. The number of benzene rings is 2. The van der Waals surface area contributed by atoms with Crippen molar-refractivity contribution < 1.29 is 14.3 Å². The number of rotatable bonds is 7. The van der Waals surface area contributed by atoms with Crippen molar-refractivity contribution in [3.05, 3.63) is 77.6 Å². The average Bonchev–Trinajstić information content (AvgIpc) is 3.20. The largest absolute Gasteiger partial charge is 0.497 e. The van der Waals surface area contributed by atoms with Gasteiger partial charge in [-0.25, -0.2) is 4.98 Å². The summed E-state index contributed by atoms with van der Waals surface area (Å²) in [5, 5.41) is 1.18. The molecule has 0 aliphatic heterocycles. The molecule has 0 saturated carbocycles. The zero-order chi connectivity index (χ0) is 20.9. The molecular weight excluding hydrogens is 422 g/mol. The number of aromatic nitrogens is 2. The zero-order valence-electron chi connectivity index (χ0n) is 16.1. The van der Waals surface area contributed by atoms with Gasteiger partial charge in [-0.1, -0.05) is 29.0 Å². The van der Waals surface area contributed by atoms with Crippen LogP contribution in [0.2, 0.25) is 5.02 Å². The maximum Gasteiger partial charge on any atom is 0.267 e. The van der Waals surface area contributed by atoms with Gasteiger partial charge in [0.2, 0.25) is 0 Å². The van der Waals surface area contributed by atoms with Crippen LogP contribution in [0, 0.1) is 0 Å². The van der Waals surface area contributed by atoms with E-state index in [4.69, 9.17) is 21.1 Å². The molecular formula is C22H18ClN3O3S. The highest BCUT2D eigenvalue weighted by Gasteiger charge is 2.21. The van der Waals surface area contributed by atoms with E-state index in [2.05, 4.69) is 9.97 Å². The second kappa shape index (κ2) is 9.11. The quantitative estimate of drug-likeness (QED) is 0.407. The van der Waals surface area contributed by atoms with Crippen LogP contribution in [0.15, 0.2) is 66.9 Å². The molecule has 0 spiro atoms. The Morgan fingerprint density at radius 3 is 2.63 bits per heavy atom. The van der Waals surface area contributed by atoms with Crippen molar-refractivity contribution in [3.8, 4) is 11.5 Å². The highest BCUT2D eigenvalue weighted by Crippen LogP contribution is 2.32. The number of pyridine rings is 1. The molecule has 8 heteroatoms. The van der Waals surface area contributed by atoms with Crippen LogP contribution in [0.3, 0.4) is 0 Å². The predicted octanol–water partition coefficient (Wildman–Crippen LogP) is 4.97. The Bertz CT molecular complexity index is 1150. The van der Waals surface area contributed by atoms with Gasteiger partial charge in [-0.2, -0.15) is 0 Å². The Labute approximate surface area is 182 Å². The van der Waals surface area contributed by atoms with Crippen LogP contribution >= 0.6 is 22.9 Å². The number of anilines is 1. The summed E-state index contributed by atoms with van der Waals surface area (Å²) in [7, 11) is 1.62. The number of hydrogen-bond donors (Lipinski definition) is 0. The van der Waals surface area contributed by atoms with Crippen LogP contribution in [0.4, 0.5) is 5.13 Å². The lowest BCUT2D eigenvalue weighted by Gasteiger charge is -2.19. The number of nitrogens with zero attached hydrogens (tertiary/aromatic N) is 3. The standard InChI is InChI=1S/C22H18ClN3O3S/c1-28-18-9-10-19-20(12-18)30-22(25-19)26(13-16-4-2-3-11-24-16)21(27)14-29-17-7-5-15(23)6-8-17/h2-12H,13-14H2,1H3. The van der Waals surface area contributed by atoms with Gasteiger partial charge >= 0.3 is 0 Å². The molecule has 152 valence electrons. The lowest BCUT2D eigenvalue weighted by atomic mass is 10.3. The van der Waals surface area contributed by atoms with E-state index < -0.39 is 0 Å². The highest BCUT2D eigenvalue weighted by molar-refractivity contribution is 7.22. The number of thiazole rings is 1. The van der Waals surface area contributed by atoms with E-state index in [1.165, 1.54) is 11.3 Å². The Balaban J connectivity index is 1.60.